The van der Waals surface area contributed by atoms with Gasteiger partial charge in [0, 0.05) is 10.9 Å². The van der Waals surface area contributed by atoms with E-state index in [4.69, 9.17) is 4.74 Å². The first-order valence-corrected chi connectivity index (χ1v) is 6.55. The summed E-state index contributed by atoms with van der Waals surface area (Å²) in [5.74, 6) is -0.348. The SMILES string of the molecule is COC(=O)c1sc(Br)nc1-c1ccsc1. The first-order valence-electron chi connectivity index (χ1n) is 3.99. The van der Waals surface area contributed by atoms with E-state index < -0.39 is 0 Å². The average Bonchev–Trinajstić information content (AvgIpc) is 2.84. The number of rotatable bonds is 2. The maximum atomic E-state index is 11.5. The quantitative estimate of drug-likeness (QED) is 0.798. The molecule has 2 aromatic rings. The van der Waals surface area contributed by atoms with Crippen molar-refractivity contribution in [1.82, 2.24) is 4.98 Å². The van der Waals surface area contributed by atoms with E-state index in [1.807, 2.05) is 16.8 Å². The molecule has 0 fully saturated rings. The fraction of sp³-hybridized carbons (Fsp3) is 0.111. The Morgan fingerprint density at radius 1 is 1.60 bits per heavy atom. The molecule has 0 N–H and O–H groups in total. The summed E-state index contributed by atoms with van der Waals surface area (Å²) in [5, 5.41) is 3.90. The van der Waals surface area contributed by atoms with Crippen molar-refractivity contribution in [3.05, 3.63) is 25.6 Å². The zero-order chi connectivity index (χ0) is 10.8. The van der Waals surface area contributed by atoms with Crippen molar-refractivity contribution in [2.75, 3.05) is 7.11 Å². The number of carbonyl (C=O) groups excluding carboxylic acids is 1. The highest BCUT2D eigenvalue weighted by atomic mass is 79.9. The molecular formula is C9H6BrNO2S2. The van der Waals surface area contributed by atoms with Crippen molar-refractivity contribution in [3.8, 4) is 11.3 Å². The van der Waals surface area contributed by atoms with Crippen LogP contribution in [-0.2, 0) is 4.74 Å². The highest BCUT2D eigenvalue weighted by Crippen LogP contribution is 2.32. The van der Waals surface area contributed by atoms with E-state index in [1.54, 1.807) is 11.3 Å². The van der Waals surface area contributed by atoms with Gasteiger partial charge in [0.2, 0.25) is 0 Å². The van der Waals surface area contributed by atoms with E-state index in [0.29, 0.717) is 14.5 Å². The molecule has 0 spiro atoms. The van der Waals surface area contributed by atoms with Crippen LogP contribution in [0.15, 0.2) is 20.7 Å². The molecule has 0 aromatic carbocycles. The predicted molar refractivity (Wildman–Crippen MR) is 64.5 cm³/mol. The summed E-state index contributed by atoms with van der Waals surface area (Å²) in [4.78, 5) is 16.3. The second-order valence-electron chi connectivity index (χ2n) is 2.65. The maximum absolute atomic E-state index is 11.5. The van der Waals surface area contributed by atoms with Gasteiger partial charge in [-0.15, -0.1) is 0 Å². The Hall–Kier alpha value is -0.720. The van der Waals surface area contributed by atoms with Gasteiger partial charge < -0.3 is 4.74 Å². The molecule has 0 aliphatic carbocycles. The van der Waals surface area contributed by atoms with Gasteiger partial charge in [-0.2, -0.15) is 11.3 Å². The van der Waals surface area contributed by atoms with Gasteiger partial charge in [0.05, 0.1) is 12.8 Å². The minimum absolute atomic E-state index is 0.348. The van der Waals surface area contributed by atoms with Crippen LogP contribution in [0.4, 0.5) is 0 Å². The molecule has 78 valence electrons. The molecule has 0 amide bonds. The number of ether oxygens (including phenoxy) is 1. The predicted octanol–water partition coefficient (Wildman–Crippen LogP) is 3.42. The highest BCUT2D eigenvalue weighted by molar-refractivity contribution is 9.11. The van der Waals surface area contributed by atoms with E-state index in [9.17, 15) is 4.79 Å². The number of thiazole rings is 1. The second-order valence-corrected chi connectivity index (χ2v) is 5.70. The third-order valence-electron chi connectivity index (χ3n) is 1.77. The number of aromatic nitrogens is 1. The van der Waals surface area contributed by atoms with Crippen LogP contribution in [0.5, 0.6) is 0 Å². The monoisotopic (exact) mass is 303 g/mol. The topological polar surface area (TPSA) is 39.2 Å². The van der Waals surface area contributed by atoms with Gasteiger partial charge in [-0.1, -0.05) is 11.3 Å². The van der Waals surface area contributed by atoms with Crippen molar-refractivity contribution < 1.29 is 9.53 Å². The van der Waals surface area contributed by atoms with E-state index >= 15 is 0 Å². The summed E-state index contributed by atoms with van der Waals surface area (Å²) in [7, 11) is 1.37. The van der Waals surface area contributed by atoms with Crippen LogP contribution in [0.1, 0.15) is 9.67 Å². The number of carbonyl (C=O) groups is 1. The lowest BCUT2D eigenvalue weighted by Crippen LogP contribution is -1.99. The Labute approximate surface area is 103 Å². The Balaban J connectivity index is 2.52. The molecule has 2 aromatic heterocycles. The first-order chi connectivity index (χ1) is 7.22. The second kappa shape index (κ2) is 4.42. The van der Waals surface area contributed by atoms with Crippen LogP contribution in [0.2, 0.25) is 0 Å². The molecule has 2 heterocycles. The zero-order valence-corrected chi connectivity index (χ0v) is 10.9. The number of esters is 1. The van der Waals surface area contributed by atoms with Gasteiger partial charge >= 0.3 is 5.97 Å². The van der Waals surface area contributed by atoms with E-state index in [2.05, 4.69) is 20.9 Å². The molecule has 3 nitrogen and oxygen atoms in total. The largest absolute Gasteiger partial charge is 0.465 e. The molecule has 0 atom stereocenters. The lowest BCUT2D eigenvalue weighted by atomic mass is 10.2. The van der Waals surface area contributed by atoms with Crippen molar-refractivity contribution in [2.24, 2.45) is 0 Å². The average molecular weight is 304 g/mol. The standard InChI is InChI=1S/C9H6BrNO2S2/c1-13-8(12)7-6(11-9(10)15-7)5-2-3-14-4-5/h2-4H,1H3. The van der Waals surface area contributed by atoms with Crippen LogP contribution in [-0.4, -0.2) is 18.1 Å². The Morgan fingerprint density at radius 2 is 2.40 bits per heavy atom. The summed E-state index contributed by atoms with van der Waals surface area (Å²) in [6.07, 6.45) is 0. The summed E-state index contributed by atoms with van der Waals surface area (Å²) in [6, 6.07) is 1.93. The van der Waals surface area contributed by atoms with Crippen LogP contribution < -0.4 is 0 Å². The number of halogens is 1. The Kier molecular flexibility index (Phi) is 3.18. The van der Waals surface area contributed by atoms with Gasteiger partial charge in [-0.05, 0) is 27.4 Å². The van der Waals surface area contributed by atoms with Gasteiger partial charge in [-0.25, -0.2) is 9.78 Å². The molecule has 0 bridgehead atoms. The van der Waals surface area contributed by atoms with E-state index in [-0.39, 0.29) is 5.97 Å². The van der Waals surface area contributed by atoms with Crippen LogP contribution in [0, 0.1) is 0 Å². The van der Waals surface area contributed by atoms with Crippen molar-refractivity contribution in [2.45, 2.75) is 0 Å². The molecular weight excluding hydrogens is 298 g/mol. The van der Waals surface area contributed by atoms with Crippen molar-refractivity contribution in [3.63, 3.8) is 0 Å². The first kappa shape index (κ1) is 10.8. The van der Waals surface area contributed by atoms with Gasteiger partial charge in [0.25, 0.3) is 0 Å². The molecule has 0 radical (unpaired) electrons. The third kappa shape index (κ3) is 2.11. The smallest absolute Gasteiger partial charge is 0.350 e. The highest BCUT2D eigenvalue weighted by Gasteiger charge is 2.19. The minimum Gasteiger partial charge on any atom is -0.465 e. The minimum atomic E-state index is -0.348. The molecule has 6 heteroatoms. The molecule has 0 saturated heterocycles. The Morgan fingerprint density at radius 3 is 3.00 bits per heavy atom. The maximum Gasteiger partial charge on any atom is 0.350 e. The number of hydrogen-bond acceptors (Lipinski definition) is 5. The van der Waals surface area contributed by atoms with Gasteiger partial charge in [0.1, 0.15) is 4.88 Å². The fourth-order valence-electron chi connectivity index (χ4n) is 1.12. The van der Waals surface area contributed by atoms with Gasteiger partial charge in [0.15, 0.2) is 3.92 Å². The molecule has 15 heavy (non-hydrogen) atoms. The summed E-state index contributed by atoms with van der Waals surface area (Å²) in [5.41, 5.74) is 1.63. The van der Waals surface area contributed by atoms with Crippen molar-refractivity contribution >= 4 is 44.6 Å². The summed E-state index contributed by atoms with van der Waals surface area (Å²) in [6.45, 7) is 0. The van der Waals surface area contributed by atoms with Gasteiger partial charge in [-0.3, -0.25) is 0 Å². The van der Waals surface area contributed by atoms with E-state index in [1.165, 1.54) is 18.4 Å². The lowest BCUT2D eigenvalue weighted by Gasteiger charge is -1.97. The van der Waals surface area contributed by atoms with E-state index in [0.717, 1.165) is 5.56 Å². The number of nitrogens with zero attached hydrogens (tertiary/aromatic N) is 1. The molecule has 2 rings (SSSR count). The summed E-state index contributed by atoms with van der Waals surface area (Å²) >= 11 is 6.12. The molecule has 0 unspecified atom stereocenters. The fourth-order valence-corrected chi connectivity index (χ4v) is 3.16. The lowest BCUT2D eigenvalue weighted by molar-refractivity contribution is 0.0607. The summed E-state index contributed by atoms with van der Waals surface area (Å²) < 4.78 is 5.39. The van der Waals surface area contributed by atoms with Crippen LogP contribution in [0.3, 0.4) is 0 Å². The zero-order valence-electron chi connectivity index (χ0n) is 7.69. The van der Waals surface area contributed by atoms with Crippen molar-refractivity contribution in [1.29, 1.82) is 0 Å². The number of methoxy groups -OCH3 is 1. The Bertz CT molecular complexity index is 478. The normalized spacial score (nSPS) is 10.3. The third-order valence-corrected chi connectivity index (χ3v) is 3.94. The molecule has 0 aliphatic heterocycles. The number of thiophene rings is 1. The number of hydrogen-bond donors (Lipinski definition) is 0. The molecule has 0 aliphatic rings. The van der Waals surface area contributed by atoms with Crippen LogP contribution >= 0.6 is 38.6 Å². The van der Waals surface area contributed by atoms with Crippen LogP contribution in [0.25, 0.3) is 11.3 Å². The molecule has 0 saturated carbocycles.